The second-order valence-corrected chi connectivity index (χ2v) is 12.6. The first-order chi connectivity index (χ1) is 22.4. The van der Waals surface area contributed by atoms with E-state index in [1.807, 2.05) is 54.8 Å². The average molecular weight is 671 g/mol. The van der Waals surface area contributed by atoms with Crippen molar-refractivity contribution in [3.05, 3.63) is 47.6 Å². The first-order valence-corrected chi connectivity index (χ1v) is 15.7. The van der Waals surface area contributed by atoms with Crippen LogP contribution in [0.1, 0.15) is 27.7 Å². The van der Waals surface area contributed by atoms with Crippen LogP contribution in [0.25, 0.3) is 0 Å². The summed E-state index contributed by atoms with van der Waals surface area (Å²) in [5.74, 6) is 1.08. The second-order valence-electron chi connectivity index (χ2n) is 12.2. The summed E-state index contributed by atoms with van der Waals surface area (Å²) in [6, 6.07) is 10.8. The van der Waals surface area contributed by atoms with Crippen LogP contribution in [-0.2, 0) is 9.53 Å². The number of carbonyl (C=O) groups excluding carboxylic acids is 2. The monoisotopic (exact) mass is 670 g/mol. The molecule has 3 aromatic rings. The number of amides is 2. The maximum Gasteiger partial charge on any atom is 0.410 e. The molecule has 2 aliphatic heterocycles. The van der Waals surface area contributed by atoms with E-state index < -0.39 is 5.60 Å². The number of aromatic nitrogens is 2. The van der Waals surface area contributed by atoms with Crippen molar-refractivity contribution in [2.24, 2.45) is 0 Å². The van der Waals surface area contributed by atoms with Crippen LogP contribution < -0.4 is 30.1 Å². The topological polar surface area (TPSA) is 125 Å². The number of ether oxygens (including phenoxy) is 2. The summed E-state index contributed by atoms with van der Waals surface area (Å²) in [5, 5.41) is 6.43. The van der Waals surface area contributed by atoms with Crippen molar-refractivity contribution in [1.29, 1.82) is 0 Å². The fourth-order valence-corrected chi connectivity index (χ4v) is 5.51. The quantitative estimate of drug-likeness (QED) is 0.311. The van der Waals surface area contributed by atoms with Gasteiger partial charge in [-0.05, 0) is 45.0 Å². The molecule has 0 saturated carbocycles. The number of methoxy groups -OCH3 is 1. The maximum atomic E-state index is 13.8. The van der Waals surface area contributed by atoms with Crippen molar-refractivity contribution in [1.82, 2.24) is 19.8 Å². The van der Waals surface area contributed by atoms with Crippen LogP contribution in [0.2, 0.25) is 5.02 Å². The van der Waals surface area contributed by atoms with Gasteiger partial charge in [0.05, 0.1) is 24.7 Å². The van der Waals surface area contributed by atoms with E-state index in [-0.39, 0.29) is 34.5 Å². The molecule has 2 N–H and O–H groups in total. The van der Waals surface area contributed by atoms with Gasteiger partial charge in [-0.15, -0.1) is 0 Å². The van der Waals surface area contributed by atoms with Crippen molar-refractivity contribution >= 4 is 58.1 Å². The lowest BCUT2D eigenvalue weighted by atomic mass is 10.2. The molecule has 0 atom stereocenters. The van der Waals surface area contributed by atoms with E-state index in [0.717, 1.165) is 24.5 Å². The Bertz CT molecular complexity index is 1590. The van der Waals surface area contributed by atoms with E-state index in [1.165, 1.54) is 6.20 Å². The van der Waals surface area contributed by atoms with E-state index in [4.69, 9.17) is 21.1 Å². The molecule has 0 spiro atoms. The molecule has 1 aromatic heterocycles. The zero-order chi connectivity index (χ0) is 33.7. The van der Waals surface area contributed by atoms with Gasteiger partial charge >= 0.3 is 6.09 Å². The Balaban J connectivity index is 1.25. The third-order valence-corrected chi connectivity index (χ3v) is 8.14. The summed E-state index contributed by atoms with van der Waals surface area (Å²) in [4.78, 5) is 44.9. The molecule has 3 heterocycles. The summed E-state index contributed by atoms with van der Waals surface area (Å²) in [7, 11) is 1.58. The summed E-state index contributed by atoms with van der Waals surface area (Å²) in [5.41, 5.74) is 2.08. The molecule has 2 amide bonds. The fraction of sp³-hybridized carbons (Fsp3) is 0.438. The van der Waals surface area contributed by atoms with E-state index in [0.29, 0.717) is 56.4 Å². The van der Waals surface area contributed by atoms with Crippen molar-refractivity contribution in [3.63, 3.8) is 0 Å². The van der Waals surface area contributed by atoms with Gasteiger partial charge in [-0.25, -0.2) is 9.78 Å². The minimum atomic E-state index is -0.568. The Hall–Kier alpha value is -4.72. The first kappa shape index (κ1) is 33.6. The number of carbonyl (C=O) groups is 2. The molecule has 2 saturated heterocycles. The van der Waals surface area contributed by atoms with Gasteiger partial charge in [0.2, 0.25) is 11.9 Å². The number of hydrogen-bond donors (Lipinski definition) is 2. The molecule has 2 aromatic carbocycles. The number of anilines is 6. The molecule has 47 heavy (non-hydrogen) atoms. The van der Waals surface area contributed by atoms with Crippen molar-refractivity contribution in [2.75, 3.05) is 79.9 Å². The van der Waals surface area contributed by atoms with Crippen LogP contribution in [0.15, 0.2) is 42.6 Å². The summed E-state index contributed by atoms with van der Waals surface area (Å²) < 4.78 is 24.9. The van der Waals surface area contributed by atoms with Crippen LogP contribution in [0, 0.1) is 0 Å². The highest BCUT2D eigenvalue weighted by Gasteiger charge is 2.27. The normalized spacial score (nSPS) is 15.3. The molecule has 13 nitrogen and oxygen atoms in total. The van der Waals surface area contributed by atoms with E-state index in [1.54, 1.807) is 31.1 Å². The lowest BCUT2D eigenvalue weighted by molar-refractivity contribution is -0.129. The predicted octanol–water partition coefficient (Wildman–Crippen LogP) is 5.61. The number of benzene rings is 2. The molecule has 0 unspecified atom stereocenters. The minimum Gasteiger partial charge on any atom is -0.494 e. The third kappa shape index (κ3) is 8.36. The Morgan fingerprint density at radius 2 is 1.40 bits per heavy atom. The van der Waals surface area contributed by atoms with Gasteiger partial charge in [0.1, 0.15) is 16.4 Å². The molecule has 2 fully saturated rings. The zero-order valence-electron chi connectivity index (χ0n) is 27.2. The number of halogens is 2. The zero-order valence-corrected chi connectivity index (χ0v) is 27.9. The smallest absolute Gasteiger partial charge is 0.410 e. The van der Waals surface area contributed by atoms with Crippen molar-refractivity contribution in [2.45, 2.75) is 33.3 Å². The van der Waals surface area contributed by atoms with Gasteiger partial charge < -0.3 is 39.7 Å². The van der Waals surface area contributed by atoms with Gasteiger partial charge in [-0.2, -0.15) is 4.98 Å². The molecular weight excluding hydrogens is 631 g/mol. The van der Waals surface area contributed by atoms with Crippen LogP contribution in [0.5, 0.6) is 11.5 Å². The van der Waals surface area contributed by atoms with E-state index >= 15 is 0 Å². The number of rotatable bonds is 8. The molecule has 0 radical (unpaired) electrons. The Kier molecular flexibility index (Phi) is 10.3. The van der Waals surface area contributed by atoms with Gasteiger partial charge in [-0.1, -0.05) is 11.6 Å². The molecule has 5 rings (SSSR count). The number of nitrogens with one attached hydrogen (secondary N) is 2. The Morgan fingerprint density at radius 3 is 1.94 bits per heavy atom. The Morgan fingerprint density at radius 1 is 0.851 bits per heavy atom. The molecule has 0 bridgehead atoms. The highest BCUT2D eigenvalue weighted by Crippen LogP contribution is 2.36. The highest BCUT2D eigenvalue weighted by molar-refractivity contribution is 6.33. The van der Waals surface area contributed by atoms with Crippen LogP contribution >= 0.6 is 11.6 Å². The van der Waals surface area contributed by atoms with Crippen LogP contribution in [0.4, 0.5) is 43.8 Å². The minimum absolute atomic E-state index is 0.0531. The summed E-state index contributed by atoms with van der Waals surface area (Å²) >= 11 is 6.42. The first-order valence-electron chi connectivity index (χ1n) is 15.3. The maximum absolute atomic E-state index is 13.8. The predicted molar refractivity (Wildman–Crippen MR) is 179 cm³/mol. The van der Waals surface area contributed by atoms with Crippen LogP contribution in [-0.4, -0.2) is 96.8 Å². The highest BCUT2D eigenvalue weighted by atomic mass is 35.5. The van der Waals surface area contributed by atoms with Gasteiger partial charge in [-0.3, -0.25) is 9.74 Å². The molecule has 15 heteroatoms. The lowest BCUT2D eigenvalue weighted by Gasteiger charge is -2.36. The van der Waals surface area contributed by atoms with Gasteiger partial charge in [0, 0.05) is 87.3 Å². The number of nitrogens with zero attached hydrogens (tertiary/aromatic N) is 6. The molecule has 2 aliphatic rings. The van der Waals surface area contributed by atoms with Crippen molar-refractivity contribution in [3.8, 4) is 11.5 Å². The SMILES string of the molecule is COc1cc(N2CCN(C(C)=O)CC2)ccc1Nc1ncc(Cl)c(Nc2ccc(N3CCN(C(=O)OC(C)(C)C)CC3)cc2OF)n1. The third-order valence-electron chi connectivity index (χ3n) is 7.86. The standard InChI is InChI=1S/C32H40ClFN8O5/c1-21(43)39-10-12-40(13-11-39)22-6-8-25(27(18-22)45-5)37-30-35-20-24(33)29(38-30)36-26-9-7-23(19-28(26)47-34)41-14-16-42(17-15-41)31(44)46-32(2,3)4/h6-9,18-20H,10-17H2,1-5H3,(H2,35,36,37,38). The Labute approximate surface area is 278 Å². The lowest BCUT2D eigenvalue weighted by Crippen LogP contribution is -2.50. The van der Waals surface area contributed by atoms with Crippen molar-refractivity contribution < 1.29 is 28.5 Å². The van der Waals surface area contributed by atoms with E-state index in [2.05, 4.69) is 30.4 Å². The summed E-state index contributed by atoms with van der Waals surface area (Å²) in [6.07, 6.45) is 1.08. The van der Waals surface area contributed by atoms with Crippen LogP contribution in [0.3, 0.4) is 0 Å². The average Bonchev–Trinajstić information content (AvgIpc) is 3.06. The largest absolute Gasteiger partial charge is 0.494 e. The van der Waals surface area contributed by atoms with E-state index in [9.17, 15) is 14.1 Å². The molecule has 252 valence electrons. The van der Waals surface area contributed by atoms with Gasteiger partial charge in [0.25, 0.3) is 0 Å². The number of hydrogen-bond acceptors (Lipinski definition) is 11. The molecular formula is C32H40ClFN8O5. The number of piperazine rings is 2. The fourth-order valence-electron chi connectivity index (χ4n) is 5.37. The molecule has 0 aliphatic carbocycles. The van der Waals surface area contributed by atoms with Gasteiger partial charge in [0.15, 0.2) is 11.6 Å². The summed E-state index contributed by atoms with van der Waals surface area (Å²) in [6.45, 7) is 11.9. The second kappa shape index (κ2) is 14.4.